The van der Waals surface area contributed by atoms with Crippen molar-refractivity contribution in [3.63, 3.8) is 0 Å². The van der Waals surface area contributed by atoms with Gasteiger partial charge in [0.1, 0.15) is 5.60 Å². The number of hydrogen-bond acceptors (Lipinski definition) is 4. The molecule has 2 aliphatic heterocycles. The molecule has 3 aliphatic rings. The highest BCUT2D eigenvalue weighted by Crippen LogP contribution is 2.41. The van der Waals surface area contributed by atoms with Crippen LogP contribution in [0.4, 0.5) is 15.3 Å². The van der Waals surface area contributed by atoms with Gasteiger partial charge < -0.3 is 14.4 Å². The van der Waals surface area contributed by atoms with Crippen molar-refractivity contribution in [1.82, 2.24) is 4.90 Å². The number of amides is 2. The van der Waals surface area contributed by atoms with E-state index >= 15 is 0 Å². The minimum atomic E-state index is -0.631. The molecule has 1 aromatic carbocycles. The Hall–Kier alpha value is -2.24. The molecular formula is C21H28N2O4. The van der Waals surface area contributed by atoms with Crippen LogP contribution < -0.4 is 4.90 Å². The third-order valence-electron chi connectivity index (χ3n) is 5.75. The van der Waals surface area contributed by atoms with Crippen molar-refractivity contribution >= 4 is 17.9 Å². The van der Waals surface area contributed by atoms with E-state index in [1.165, 1.54) is 18.4 Å². The maximum Gasteiger partial charge on any atom is 0.415 e. The van der Waals surface area contributed by atoms with Crippen LogP contribution in [0.2, 0.25) is 0 Å². The normalized spacial score (nSPS) is 25.0. The molecule has 0 N–H and O–H groups in total. The minimum Gasteiger partial charge on any atom is -0.449 e. The van der Waals surface area contributed by atoms with Gasteiger partial charge in [-0.25, -0.2) is 9.59 Å². The van der Waals surface area contributed by atoms with Crippen molar-refractivity contribution in [1.29, 1.82) is 0 Å². The number of rotatable bonds is 5. The van der Waals surface area contributed by atoms with Gasteiger partial charge in [-0.3, -0.25) is 4.90 Å². The summed E-state index contributed by atoms with van der Waals surface area (Å²) in [5.41, 5.74) is 1.58. The standard InChI is InChI=1S/C21H28N2O4/c1-2-3-13-26-19(24)22-12-4-11-21(14-22)15-23(20(25)27-21)18-9-7-17(8-10-18)16-5-6-16/h7-10,16H,2-6,11-15H2,1H3. The number of benzene rings is 1. The lowest BCUT2D eigenvalue weighted by atomic mass is 9.93. The van der Waals surface area contributed by atoms with Crippen LogP contribution in [-0.4, -0.2) is 48.9 Å². The summed E-state index contributed by atoms with van der Waals surface area (Å²) in [4.78, 5) is 28.2. The highest BCUT2D eigenvalue weighted by Gasteiger charge is 2.49. The molecule has 1 aromatic rings. The number of anilines is 1. The molecule has 1 spiro atoms. The summed E-state index contributed by atoms with van der Waals surface area (Å²) in [5.74, 6) is 0.696. The fourth-order valence-electron chi connectivity index (χ4n) is 4.03. The number of unbranched alkanes of at least 4 members (excludes halogenated alkanes) is 1. The van der Waals surface area contributed by atoms with E-state index in [4.69, 9.17) is 9.47 Å². The van der Waals surface area contributed by atoms with E-state index in [9.17, 15) is 9.59 Å². The van der Waals surface area contributed by atoms with Crippen molar-refractivity contribution in [3.8, 4) is 0 Å². The van der Waals surface area contributed by atoms with Crippen LogP contribution in [0.15, 0.2) is 24.3 Å². The quantitative estimate of drug-likeness (QED) is 0.724. The minimum absolute atomic E-state index is 0.300. The first-order valence-electron chi connectivity index (χ1n) is 10.1. The third kappa shape index (κ3) is 3.89. The topological polar surface area (TPSA) is 59.1 Å². The molecule has 0 radical (unpaired) electrons. The molecule has 1 atom stereocenters. The van der Waals surface area contributed by atoms with Crippen LogP contribution in [0.5, 0.6) is 0 Å². The molecule has 0 bridgehead atoms. The van der Waals surface area contributed by atoms with Gasteiger partial charge in [-0.15, -0.1) is 0 Å². The molecule has 6 heteroatoms. The Morgan fingerprint density at radius 3 is 2.74 bits per heavy atom. The number of ether oxygens (including phenoxy) is 2. The van der Waals surface area contributed by atoms with Gasteiger partial charge in [-0.1, -0.05) is 25.5 Å². The number of nitrogens with zero attached hydrogens (tertiary/aromatic N) is 2. The van der Waals surface area contributed by atoms with Gasteiger partial charge in [0.25, 0.3) is 0 Å². The zero-order valence-electron chi connectivity index (χ0n) is 16.0. The van der Waals surface area contributed by atoms with E-state index in [0.717, 1.165) is 31.4 Å². The van der Waals surface area contributed by atoms with E-state index in [1.54, 1.807) is 9.80 Å². The summed E-state index contributed by atoms with van der Waals surface area (Å²) in [6.07, 6.45) is 5.34. The van der Waals surface area contributed by atoms with E-state index in [1.807, 2.05) is 12.1 Å². The summed E-state index contributed by atoms with van der Waals surface area (Å²) in [6.45, 7) is 4.04. The van der Waals surface area contributed by atoms with Gasteiger partial charge in [-0.05, 0) is 55.7 Å². The molecule has 2 heterocycles. The third-order valence-corrected chi connectivity index (χ3v) is 5.75. The van der Waals surface area contributed by atoms with Crippen molar-refractivity contribution in [3.05, 3.63) is 29.8 Å². The fraction of sp³-hybridized carbons (Fsp3) is 0.619. The van der Waals surface area contributed by atoms with Crippen molar-refractivity contribution in [2.24, 2.45) is 0 Å². The highest BCUT2D eigenvalue weighted by atomic mass is 16.6. The van der Waals surface area contributed by atoms with E-state index in [-0.39, 0.29) is 12.2 Å². The molecule has 2 saturated heterocycles. The largest absolute Gasteiger partial charge is 0.449 e. The van der Waals surface area contributed by atoms with E-state index in [2.05, 4.69) is 19.1 Å². The molecule has 1 aliphatic carbocycles. The van der Waals surface area contributed by atoms with Gasteiger partial charge in [0.15, 0.2) is 0 Å². The van der Waals surface area contributed by atoms with Crippen molar-refractivity contribution < 1.29 is 19.1 Å². The Morgan fingerprint density at radius 2 is 2.04 bits per heavy atom. The molecule has 27 heavy (non-hydrogen) atoms. The molecule has 1 unspecified atom stereocenters. The second-order valence-electron chi connectivity index (χ2n) is 8.00. The Kier molecular flexibility index (Phi) is 4.98. The second-order valence-corrected chi connectivity index (χ2v) is 8.00. The summed E-state index contributed by atoms with van der Waals surface area (Å²) < 4.78 is 11.1. The zero-order valence-corrected chi connectivity index (χ0v) is 16.0. The lowest BCUT2D eigenvalue weighted by Crippen LogP contribution is -2.52. The van der Waals surface area contributed by atoms with Crippen LogP contribution in [-0.2, 0) is 9.47 Å². The predicted octanol–water partition coefficient (Wildman–Crippen LogP) is 4.29. The van der Waals surface area contributed by atoms with Crippen LogP contribution >= 0.6 is 0 Å². The summed E-state index contributed by atoms with van der Waals surface area (Å²) >= 11 is 0. The number of piperidine rings is 1. The molecule has 4 rings (SSSR count). The Labute approximate surface area is 160 Å². The van der Waals surface area contributed by atoms with Crippen molar-refractivity contribution in [2.45, 2.75) is 57.0 Å². The van der Waals surface area contributed by atoms with Crippen LogP contribution in [0.1, 0.15) is 56.9 Å². The van der Waals surface area contributed by atoms with Gasteiger partial charge in [0.05, 0.1) is 19.7 Å². The van der Waals surface area contributed by atoms with Crippen LogP contribution in [0.25, 0.3) is 0 Å². The van der Waals surface area contributed by atoms with E-state index in [0.29, 0.717) is 32.2 Å². The van der Waals surface area contributed by atoms with Gasteiger partial charge >= 0.3 is 12.2 Å². The number of carbonyl (C=O) groups excluding carboxylic acids is 2. The van der Waals surface area contributed by atoms with Gasteiger partial charge in [-0.2, -0.15) is 0 Å². The molecular weight excluding hydrogens is 344 g/mol. The lowest BCUT2D eigenvalue weighted by Gasteiger charge is -2.37. The maximum absolute atomic E-state index is 12.5. The molecule has 3 fully saturated rings. The first kappa shape index (κ1) is 18.1. The van der Waals surface area contributed by atoms with Crippen LogP contribution in [0.3, 0.4) is 0 Å². The first-order chi connectivity index (χ1) is 13.1. The molecule has 1 saturated carbocycles. The Bertz CT molecular complexity index is 701. The summed E-state index contributed by atoms with van der Waals surface area (Å²) in [7, 11) is 0. The SMILES string of the molecule is CCCCOC(=O)N1CCCC2(C1)CN(c1ccc(C3CC3)cc1)C(=O)O2. The smallest absolute Gasteiger partial charge is 0.415 e. The number of carbonyl (C=O) groups is 2. The van der Waals surface area contributed by atoms with Crippen molar-refractivity contribution in [2.75, 3.05) is 31.1 Å². The maximum atomic E-state index is 12.5. The zero-order chi connectivity index (χ0) is 18.9. The van der Waals surface area contributed by atoms with E-state index < -0.39 is 5.60 Å². The summed E-state index contributed by atoms with van der Waals surface area (Å²) in [6, 6.07) is 8.24. The molecule has 146 valence electrons. The highest BCUT2D eigenvalue weighted by molar-refractivity contribution is 5.90. The molecule has 6 nitrogen and oxygen atoms in total. The number of hydrogen-bond donors (Lipinski definition) is 0. The monoisotopic (exact) mass is 372 g/mol. The Morgan fingerprint density at radius 1 is 1.26 bits per heavy atom. The number of likely N-dealkylation sites (tertiary alicyclic amines) is 1. The average Bonchev–Trinajstić information content (AvgIpc) is 3.47. The lowest BCUT2D eigenvalue weighted by molar-refractivity contribution is -0.00985. The van der Waals surface area contributed by atoms with Gasteiger partial charge in [0.2, 0.25) is 0 Å². The average molecular weight is 372 g/mol. The molecule has 0 aromatic heterocycles. The fourth-order valence-corrected chi connectivity index (χ4v) is 4.03. The second kappa shape index (κ2) is 7.41. The first-order valence-corrected chi connectivity index (χ1v) is 10.1. The van der Waals surface area contributed by atoms with Crippen LogP contribution in [0, 0.1) is 0 Å². The predicted molar refractivity (Wildman–Crippen MR) is 102 cm³/mol. The van der Waals surface area contributed by atoms with Gasteiger partial charge in [0, 0.05) is 12.2 Å². The molecule has 2 amide bonds. The Balaban J connectivity index is 1.41. The summed E-state index contributed by atoms with van der Waals surface area (Å²) in [5, 5.41) is 0.